The van der Waals surface area contributed by atoms with Crippen molar-refractivity contribution in [3.05, 3.63) is 0 Å². The van der Waals surface area contributed by atoms with Crippen molar-refractivity contribution in [2.45, 2.75) is 13.3 Å². The molecule has 0 aromatic rings. The van der Waals surface area contributed by atoms with Gasteiger partial charge in [0.2, 0.25) is 5.91 Å². The van der Waals surface area contributed by atoms with Crippen LogP contribution in [-0.2, 0) is 15.9 Å². The first-order chi connectivity index (χ1) is 4.52. The molecule has 4 nitrogen and oxygen atoms in total. The van der Waals surface area contributed by atoms with Crippen molar-refractivity contribution < 1.29 is 13.6 Å². The molecule has 0 bridgehead atoms. The third kappa shape index (κ3) is 5.71. The zero-order chi connectivity index (χ0) is 8.15. The molecule has 0 aliphatic carbocycles. The maximum atomic E-state index is 10.2. The maximum Gasteiger partial charge on any atom is 0.217 e. The number of rotatable bonds is 4. The number of amides is 1. The Labute approximate surface area is 62.1 Å². The van der Waals surface area contributed by atoms with Crippen LogP contribution in [0.5, 0.6) is 0 Å². The molecule has 10 heavy (non-hydrogen) atoms. The molecule has 0 aromatic heterocycles. The Kier molecular flexibility index (Phi) is 4.22. The van der Waals surface area contributed by atoms with Crippen LogP contribution in [0, 0.1) is 5.92 Å². The summed E-state index contributed by atoms with van der Waals surface area (Å²) in [5.41, 5.74) is 4.85. The highest BCUT2D eigenvalue weighted by atomic mass is 32.2. The molecule has 0 spiro atoms. The fourth-order valence-corrected chi connectivity index (χ4v) is 1.25. The van der Waals surface area contributed by atoms with Crippen molar-refractivity contribution in [1.82, 2.24) is 0 Å². The minimum atomic E-state index is -1.82. The van der Waals surface area contributed by atoms with Gasteiger partial charge in [0.25, 0.3) is 0 Å². The van der Waals surface area contributed by atoms with Crippen molar-refractivity contribution in [2.24, 2.45) is 11.7 Å². The summed E-state index contributed by atoms with van der Waals surface area (Å²) in [6.45, 7) is 1.71. The van der Waals surface area contributed by atoms with E-state index in [2.05, 4.69) is 0 Å². The molecule has 0 radical (unpaired) electrons. The Morgan fingerprint density at radius 1 is 1.80 bits per heavy atom. The number of hydrogen-bond donors (Lipinski definition) is 2. The molecule has 0 saturated carbocycles. The lowest BCUT2D eigenvalue weighted by atomic mass is 10.1. The molecule has 0 fully saturated rings. The Balaban J connectivity index is 3.53. The largest absolute Gasteiger partial charge is 0.370 e. The van der Waals surface area contributed by atoms with E-state index in [0.717, 1.165) is 0 Å². The predicted octanol–water partition coefficient (Wildman–Crippen LogP) is -0.280. The lowest BCUT2D eigenvalue weighted by Gasteiger charge is -2.03. The van der Waals surface area contributed by atoms with Gasteiger partial charge in [-0.25, -0.2) is 4.21 Å². The van der Waals surface area contributed by atoms with E-state index in [9.17, 15) is 9.00 Å². The highest BCUT2D eigenvalue weighted by molar-refractivity contribution is 7.79. The molecule has 0 aliphatic rings. The fourth-order valence-electron chi connectivity index (χ4n) is 0.646. The lowest BCUT2D eigenvalue weighted by Crippen LogP contribution is -2.18. The molecule has 1 amide bonds. The first-order valence-electron chi connectivity index (χ1n) is 2.88. The van der Waals surface area contributed by atoms with E-state index in [1.807, 2.05) is 0 Å². The lowest BCUT2D eigenvalue weighted by molar-refractivity contribution is -0.118. The standard InChI is InChI=1S/C5H11NO3S/c1-4(2-5(6)7)3-10(8)9/h4H,2-3H2,1H3,(H2,6,7)(H,8,9). The van der Waals surface area contributed by atoms with E-state index in [1.54, 1.807) is 6.92 Å². The van der Waals surface area contributed by atoms with Gasteiger partial charge in [-0.3, -0.25) is 4.79 Å². The van der Waals surface area contributed by atoms with Crippen LogP contribution >= 0.6 is 0 Å². The van der Waals surface area contributed by atoms with Gasteiger partial charge in [0.05, 0.1) is 5.75 Å². The molecule has 0 heterocycles. The van der Waals surface area contributed by atoms with Crippen LogP contribution in [0.4, 0.5) is 0 Å². The van der Waals surface area contributed by atoms with E-state index in [1.165, 1.54) is 0 Å². The highest BCUT2D eigenvalue weighted by Crippen LogP contribution is 2.01. The van der Waals surface area contributed by atoms with Gasteiger partial charge in [0.1, 0.15) is 0 Å². The van der Waals surface area contributed by atoms with E-state index in [4.69, 9.17) is 10.3 Å². The summed E-state index contributed by atoms with van der Waals surface area (Å²) in [7, 11) is 0. The summed E-state index contributed by atoms with van der Waals surface area (Å²) in [5.74, 6) is -0.426. The van der Waals surface area contributed by atoms with Crippen LogP contribution in [0.2, 0.25) is 0 Å². The Hall–Kier alpha value is -0.420. The average Bonchev–Trinajstić information content (AvgIpc) is 1.58. The molecule has 0 rings (SSSR count). The van der Waals surface area contributed by atoms with Gasteiger partial charge in [0.15, 0.2) is 11.1 Å². The number of hydrogen-bond acceptors (Lipinski definition) is 2. The Morgan fingerprint density at radius 3 is 2.60 bits per heavy atom. The smallest absolute Gasteiger partial charge is 0.217 e. The SMILES string of the molecule is CC(CC(N)=O)CS(=O)O. The van der Waals surface area contributed by atoms with Crippen LogP contribution in [0.3, 0.4) is 0 Å². The van der Waals surface area contributed by atoms with Crippen molar-refractivity contribution >= 4 is 17.0 Å². The number of nitrogens with two attached hydrogens (primary N) is 1. The highest BCUT2D eigenvalue weighted by Gasteiger charge is 2.08. The molecule has 0 aliphatic heterocycles. The van der Waals surface area contributed by atoms with Crippen LogP contribution in [0.15, 0.2) is 0 Å². The van der Waals surface area contributed by atoms with Crippen molar-refractivity contribution in [3.63, 3.8) is 0 Å². The topological polar surface area (TPSA) is 80.4 Å². The summed E-state index contributed by atoms with van der Waals surface area (Å²) >= 11 is -1.82. The van der Waals surface area contributed by atoms with Crippen LogP contribution in [0.25, 0.3) is 0 Å². The zero-order valence-electron chi connectivity index (χ0n) is 5.74. The van der Waals surface area contributed by atoms with E-state index in [-0.39, 0.29) is 18.1 Å². The third-order valence-electron chi connectivity index (χ3n) is 0.977. The quantitative estimate of drug-likeness (QED) is 0.562. The van der Waals surface area contributed by atoms with Crippen molar-refractivity contribution in [2.75, 3.05) is 5.75 Å². The van der Waals surface area contributed by atoms with E-state index in [0.29, 0.717) is 0 Å². The monoisotopic (exact) mass is 165 g/mol. The average molecular weight is 165 g/mol. The summed E-state index contributed by atoms with van der Waals surface area (Å²) in [6, 6.07) is 0. The summed E-state index contributed by atoms with van der Waals surface area (Å²) in [4.78, 5) is 10.2. The van der Waals surface area contributed by atoms with Gasteiger partial charge < -0.3 is 10.3 Å². The zero-order valence-corrected chi connectivity index (χ0v) is 6.56. The van der Waals surface area contributed by atoms with Crippen LogP contribution in [-0.4, -0.2) is 20.4 Å². The minimum absolute atomic E-state index is 0.108. The second kappa shape index (κ2) is 4.40. The molecule has 5 heteroatoms. The molecule has 0 saturated heterocycles. The molecular formula is C5H11NO3S. The predicted molar refractivity (Wildman–Crippen MR) is 38.6 cm³/mol. The Morgan fingerprint density at radius 2 is 2.30 bits per heavy atom. The second-order valence-electron chi connectivity index (χ2n) is 2.26. The van der Waals surface area contributed by atoms with Crippen LogP contribution in [0.1, 0.15) is 13.3 Å². The molecule has 3 N–H and O–H groups in total. The van der Waals surface area contributed by atoms with Gasteiger partial charge in [-0.2, -0.15) is 0 Å². The molecule has 0 aromatic carbocycles. The van der Waals surface area contributed by atoms with Gasteiger partial charge >= 0.3 is 0 Å². The summed E-state index contributed by atoms with van der Waals surface area (Å²) in [6.07, 6.45) is 0.173. The van der Waals surface area contributed by atoms with Gasteiger partial charge in [-0.05, 0) is 5.92 Å². The van der Waals surface area contributed by atoms with Gasteiger partial charge in [-0.1, -0.05) is 6.92 Å². The van der Waals surface area contributed by atoms with Gasteiger partial charge in [0, 0.05) is 6.42 Å². The van der Waals surface area contributed by atoms with Crippen LogP contribution < -0.4 is 5.73 Å². The van der Waals surface area contributed by atoms with Crippen molar-refractivity contribution in [3.8, 4) is 0 Å². The van der Waals surface area contributed by atoms with E-state index >= 15 is 0 Å². The fraction of sp³-hybridized carbons (Fsp3) is 0.800. The maximum absolute atomic E-state index is 10.2. The molecule has 2 atom stereocenters. The van der Waals surface area contributed by atoms with Crippen molar-refractivity contribution in [1.29, 1.82) is 0 Å². The minimum Gasteiger partial charge on any atom is -0.370 e. The first-order valence-corrected chi connectivity index (χ1v) is 4.15. The second-order valence-corrected chi connectivity index (χ2v) is 3.24. The number of carbonyl (C=O) groups is 1. The number of carbonyl (C=O) groups excluding carboxylic acids is 1. The Bertz CT molecular complexity index is 132. The van der Waals surface area contributed by atoms with Gasteiger partial charge in [-0.15, -0.1) is 0 Å². The summed E-state index contributed by atoms with van der Waals surface area (Å²) < 4.78 is 18.5. The molecule has 60 valence electrons. The number of primary amides is 1. The van der Waals surface area contributed by atoms with E-state index < -0.39 is 17.0 Å². The third-order valence-corrected chi connectivity index (χ3v) is 1.83. The first kappa shape index (κ1) is 9.58. The summed E-state index contributed by atoms with van der Waals surface area (Å²) in [5, 5.41) is 0. The molecular weight excluding hydrogens is 154 g/mol. The normalized spacial score (nSPS) is 16.2. The molecule has 2 unspecified atom stereocenters.